The Kier molecular flexibility index (Phi) is 5.22. The van der Waals surface area contributed by atoms with Crippen molar-refractivity contribution >= 4 is 0 Å². The fourth-order valence-corrected chi connectivity index (χ4v) is 1.79. The number of hydrogen-bond acceptors (Lipinski definition) is 3. The van der Waals surface area contributed by atoms with Gasteiger partial charge in [0, 0.05) is 6.04 Å². The van der Waals surface area contributed by atoms with Gasteiger partial charge in [0.2, 0.25) is 0 Å². The van der Waals surface area contributed by atoms with Gasteiger partial charge in [-0.1, -0.05) is 13.8 Å². The average molecular weight is 265 g/mol. The molecule has 0 aliphatic carbocycles. The summed E-state index contributed by atoms with van der Waals surface area (Å²) >= 11 is 0. The first-order valence-electron chi connectivity index (χ1n) is 5.81. The summed E-state index contributed by atoms with van der Waals surface area (Å²) in [5.74, 6) is 0.00448. The molecular formula is C12H18F3NO2. The van der Waals surface area contributed by atoms with Crippen LogP contribution in [0.5, 0.6) is 0 Å². The number of aliphatic hydroxyl groups is 1. The van der Waals surface area contributed by atoms with Gasteiger partial charge >= 0.3 is 6.18 Å². The first-order chi connectivity index (χ1) is 8.34. The van der Waals surface area contributed by atoms with Crippen LogP contribution < -0.4 is 5.32 Å². The lowest BCUT2D eigenvalue weighted by Crippen LogP contribution is -2.42. The molecule has 2 N–H and O–H groups in total. The van der Waals surface area contributed by atoms with E-state index in [9.17, 15) is 13.2 Å². The molecule has 0 spiro atoms. The maximum absolute atomic E-state index is 12.9. The molecule has 0 aliphatic rings. The maximum Gasteiger partial charge on any atom is 0.411 e. The van der Waals surface area contributed by atoms with E-state index in [1.165, 1.54) is 18.4 Å². The van der Waals surface area contributed by atoms with Crippen molar-refractivity contribution in [1.82, 2.24) is 5.32 Å². The minimum absolute atomic E-state index is 0.190. The van der Waals surface area contributed by atoms with Crippen molar-refractivity contribution in [3.8, 4) is 0 Å². The van der Waals surface area contributed by atoms with Crippen LogP contribution in [0.3, 0.4) is 0 Å². The molecule has 0 fully saturated rings. The lowest BCUT2D eigenvalue weighted by atomic mass is 10.0. The second-order valence-electron chi connectivity index (χ2n) is 4.67. The van der Waals surface area contributed by atoms with Gasteiger partial charge in [0.05, 0.1) is 12.9 Å². The smallest absolute Gasteiger partial charge is 0.411 e. The molecule has 0 saturated carbocycles. The summed E-state index contributed by atoms with van der Waals surface area (Å²) in [5, 5.41) is 11.5. The molecule has 6 heteroatoms. The van der Waals surface area contributed by atoms with Gasteiger partial charge < -0.3 is 9.52 Å². The monoisotopic (exact) mass is 265 g/mol. The van der Waals surface area contributed by atoms with Crippen molar-refractivity contribution in [3.63, 3.8) is 0 Å². The molecule has 0 unspecified atom stereocenters. The fourth-order valence-electron chi connectivity index (χ4n) is 1.79. The Morgan fingerprint density at radius 2 is 2.06 bits per heavy atom. The molecule has 0 saturated heterocycles. The Labute approximate surface area is 104 Å². The second kappa shape index (κ2) is 6.24. The van der Waals surface area contributed by atoms with Crippen LogP contribution in [0.15, 0.2) is 22.8 Å². The number of furan rings is 1. The molecule has 104 valence electrons. The summed E-state index contributed by atoms with van der Waals surface area (Å²) in [5.41, 5.74) is 0. The van der Waals surface area contributed by atoms with Crippen LogP contribution in [0.25, 0.3) is 0 Å². The largest absolute Gasteiger partial charge is 0.467 e. The summed E-state index contributed by atoms with van der Waals surface area (Å²) in [7, 11) is 0. The molecule has 0 radical (unpaired) electrons. The zero-order valence-corrected chi connectivity index (χ0v) is 10.4. The van der Waals surface area contributed by atoms with E-state index in [1.807, 2.05) is 13.8 Å². The highest BCUT2D eigenvalue weighted by molar-refractivity contribution is 5.07. The SMILES string of the molecule is CC(C)C[C@@H](CO)N[C@@H](c1ccco1)C(F)(F)F. The van der Waals surface area contributed by atoms with E-state index < -0.39 is 18.3 Å². The van der Waals surface area contributed by atoms with E-state index in [1.54, 1.807) is 0 Å². The average Bonchev–Trinajstić information content (AvgIpc) is 2.74. The Morgan fingerprint density at radius 3 is 2.44 bits per heavy atom. The quantitative estimate of drug-likeness (QED) is 0.831. The van der Waals surface area contributed by atoms with Crippen LogP contribution in [0.4, 0.5) is 13.2 Å². The first kappa shape index (κ1) is 15.0. The lowest BCUT2D eigenvalue weighted by molar-refractivity contribution is -0.164. The van der Waals surface area contributed by atoms with Gasteiger partial charge in [0.15, 0.2) is 6.04 Å². The van der Waals surface area contributed by atoms with Crippen molar-refractivity contribution in [2.45, 2.75) is 38.5 Å². The Balaban J connectivity index is 2.79. The molecule has 0 amide bonds. The van der Waals surface area contributed by atoms with Crippen molar-refractivity contribution in [1.29, 1.82) is 0 Å². The zero-order valence-electron chi connectivity index (χ0n) is 10.4. The van der Waals surface area contributed by atoms with Gasteiger partial charge in [0.1, 0.15) is 5.76 Å². The van der Waals surface area contributed by atoms with Gasteiger partial charge in [-0.05, 0) is 24.5 Å². The number of halogens is 3. The third-order valence-electron chi connectivity index (χ3n) is 2.53. The minimum atomic E-state index is -4.46. The topological polar surface area (TPSA) is 45.4 Å². The number of nitrogens with one attached hydrogen (secondary N) is 1. The summed E-state index contributed by atoms with van der Waals surface area (Å²) in [6.45, 7) is 3.44. The van der Waals surface area contributed by atoms with Crippen LogP contribution >= 0.6 is 0 Å². The van der Waals surface area contributed by atoms with Crippen molar-refractivity contribution < 1.29 is 22.7 Å². The predicted molar refractivity (Wildman–Crippen MR) is 61.0 cm³/mol. The highest BCUT2D eigenvalue weighted by Gasteiger charge is 2.43. The molecule has 0 aromatic carbocycles. The third-order valence-corrected chi connectivity index (χ3v) is 2.53. The zero-order chi connectivity index (χ0) is 13.8. The molecule has 3 nitrogen and oxygen atoms in total. The highest BCUT2D eigenvalue weighted by Crippen LogP contribution is 2.33. The number of hydrogen-bond donors (Lipinski definition) is 2. The summed E-state index contributed by atoms with van der Waals surface area (Å²) in [4.78, 5) is 0. The standard InChI is InChI=1S/C12H18F3NO2/c1-8(2)6-9(7-17)16-11(12(13,14)15)10-4-3-5-18-10/h3-5,8-9,11,16-17H,6-7H2,1-2H3/t9-,11-/m0/s1. The van der Waals surface area contributed by atoms with Crippen molar-refractivity contribution in [3.05, 3.63) is 24.2 Å². The molecule has 1 heterocycles. The van der Waals surface area contributed by atoms with Gasteiger partial charge in [-0.2, -0.15) is 13.2 Å². The highest BCUT2D eigenvalue weighted by atomic mass is 19.4. The van der Waals surface area contributed by atoms with Crippen molar-refractivity contribution in [2.75, 3.05) is 6.61 Å². The maximum atomic E-state index is 12.9. The molecule has 1 aromatic heterocycles. The van der Waals surface area contributed by atoms with Crippen LogP contribution in [-0.4, -0.2) is 23.9 Å². The molecule has 1 rings (SSSR count). The van der Waals surface area contributed by atoms with Gasteiger partial charge in [-0.15, -0.1) is 0 Å². The number of aliphatic hydroxyl groups excluding tert-OH is 1. The molecule has 2 atom stereocenters. The van der Waals surface area contributed by atoms with Crippen LogP contribution in [-0.2, 0) is 0 Å². The van der Waals surface area contributed by atoms with Crippen LogP contribution in [0.1, 0.15) is 32.1 Å². The summed E-state index contributed by atoms with van der Waals surface area (Å²) < 4.78 is 43.5. The molecule has 0 bridgehead atoms. The number of rotatable bonds is 6. The van der Waals surface area contributed by atoms with Crippen molar-refractivity contribution in [2.24, 2.45) is 5.92 Å². The van der Waals surface area contributed by atoms with Crippen LogP contribution in [0, 0.1) is 5.92 Å². The summed E-state index contributed by atoms with van der Waals surface area (Å²) in [6.07, 6.45) is -2.79. The Hall–Kier alpha value is -1.01. The molecule has 18 heavy (non-hydrogen) atoms. The van der Waals surface area contributed by atoms with E-state index >= 15 is 0 Å². The van der Waals surface area contributed by atoms with E-state index in [0.717, 1.165) is 0 Å². The number of alkyl halides is 3. The third kappa shape index (κ3) is 4.34. The lowest BCUT2D eigenvalue weighted by Gasteiger charge is -2.26. The first-order valence-corrected chi connectivity index (χ1v) is 5.81. The molecule has 1 aromatic rings. The van der Waals surface area contributed by atoms with Gasteiger partial charge in [-0.3, -0.25) is 5.32 Å². The van der Waals surface area contributed by atoms with Gasteiger partial charge in [-0.25, -0.2) is 0 Å². The molecule has 0 aliphatic heterocycles. The Bertz CT molecular complexity index is 336. The minimum Gasteiger partial charge on any atom is -0.467 e. The van der Waals surface area contributed by atoms with E-state index in [0.29, 0.717) is 6.42 Å². The van der Waals surface area contributed by atoms with E-state index in [4.69, 9.17) is 9.52 Å². The second-order valence-corrected chi connectivity index (χ2v) is 4.67. The summed E-state index contributed by atoms with van der Waals surface area (Å²) in [6, 6.07) is 0.186. The van der Waals surface area contributed by atoms with E-state index in [-0.39, 0.29) is 18.3 Å². The fraction of sp³-hybridized carbons (Fsp3) is 0.667. The predicted octanol–water partition coefficient (Wildman–Crippen LogP) is 2.88. The Morgan fingerprint density at radius 1 is 1.39 bits per heavy atom. The van der Waals surface area contributed by atoms with E-state index in [2.05, 4.69) is 5.32 Å². The normalized spacial score (nSPS) is 15.9. The molecular weight excluding hydrogens is 247 g/mol. The van der Waals surface area contributed by atoms with Gasteiger partial charge in [0.25, 0.3) is 0 Å². The van der Waals surface area contributed by atoms with Crippen LogP contribution in [0.2, 0.25) is 0 Å².